The highest BCUT2D eigenvalue weighted by molar-refractivity contribution is 5.85. The van der Waals surface area contributed by atoms with Gasteiger partial charge in [-0.2, -0.15) is 0 Å². The number of halogens is 1. The second-order valence-corrected chi connectivity index (χ2v) is 5.77. The maximum atomic E-state index is 11.7. The van der Waals surface area contributed by atoms with Gasteiger partial charge in [0.05, 0.1) is 6.54 Å². The largest absolute Gasteiger partial charge is 0.371 e. The summed E-state index contributed by atoms with van der Waals surface area (Å²) >= 11 is 0. The first-order valence-corrected chi connectivity index (χ1v) is 7.74. The van der Waals surface area contributed by atoms with Crippen LogP contribution in [0.25, 0.3) is 0 Å². The van der Waals surface area contributed by atoms with Gasteiger partial charge in [-0.15, -0.1) is 12.4 Å². The molecule has 124 valence electrons. The van der Waals surface area contributed by atoms with E-state index in [0.717, 1.165) is 32.0 Å². The highest BCUT2D eigenvalue weighted by Gasteiger charge is 2.20. The van der Waals surface area contributed by atoms with Gasteiger partial charge in [-0.3, -0.25) is 9.78 Å². The fourth-order valence-electron chi connectivity index (χ4n) is 2.82. The lowest BCUT2D eigenvalue weighted by atomic mass is 9.93. The number of hydrogen-bond donors (Lipinski definition) is 1. The summed E-state index contributed by atoms with van der Waals surface area (Å²) in [5, 5.41) is 2.91. The molecule has 0 unspecified atom stereocenters. The molecule has 0 spiro atoms. The van der Waals surface area contributed by atoms with E-state index in [1.165, 1.54) is 18.5 Å². The van der Waals surface area contributed by atoms with E-state index < -0.39 is 0 Å². The van der Waals surface area contributed by atoms with E-state index in [1.54, 1.807) is 7.05 Å². The zero-order chi connectivity index (χ0) is 15.1. The van der Waals surface area contributed by atoms with Crippen molar-refractivity contribution in [2.75, 3.05) is 45.2 Å². The predicted molar refractivity (Wildman–Crippen MR) is 92.6 cm³/mol. The Morgan fingerprint density at radius 2 is 2.00 bits per heavy atom. The van der Waals surface area contributed by atoms with Crippen molar-refractivity contribution in [2.24, 2.45) is 5.92 Å². The van der Waals surface area contributed by atoms with E-state index in [1.807, 2.05) is 24.3 Å². The molecule has 0 saturated carbocycles. The Balaban J connectivity index is 0.00000242. The molecular formula is C16H27ClN4O. The Bertz CT molecular complexity index is 435. The van der Waals surface area contributed by atoms with Crippen LogP contribution in [0.2, 0.25) is 0 Å². The second-order valence-electron chi connectivity index (χ2n) is 5.77. The quantitative estimate of drug-likeness (QED) is 0.866. The summed E-state index contributed by atoms with van der Waals surface area (Å²) in [5.41, 5.74) is 1.27. The number of aromatic nitrogens is 1. The summed E-state index contributed by atoms with van der Waals surface area (Å²) < 4.78 is 0. The summed E-state index contributed by atoms with van der Waals surface area (Å²) in [6.45, 7) is 3.49. The van der Waals surface area contributed by atoms with Gasteiger partial charge in [0, 0.05) is 44.8 Å². The van der Waals surface area contributed by atoms with E-state index >= 15 is 0 Å². The Morgan fingerprint density at radius 1 is 1.36 bits per heavy atom. The van der Waals surface area contributed by atoms with Crippen LogP contribution in [0.1, 0.15) is 19.3 Å². The van der Waals surface area contributed by atoms with Crippen LogP contribution < -0.4 is 10.2 Å². The Labute approximate surface area is 139 Å². The molecule has 1 aromatic heterocycles. The Hall–Kier alpha value is -1.33. The zero-order valence-electron chi connectivity index (χ0n) is 13.5. The smallest absolute Gasteiger partial charge is 0.236 e. The van der Waals surface area contributed by atoms with Crippen molar-refractivity contribution in [3.05, 3.63) is 24.5 Å². The number of carbonyl (C=O) groups is 1. The maximum Gasteiger partial charge on any atom is 0.236 e. The van der Waals surface area contributed by atoms with Crippen molar-refractivity contribution in [3.63, 3.8) is 0 Å². The van der Waals surface area contributed by atoms with Gasteiger partial charge in [-0.1, -0.05) is 0 Å². The fourth-order valence-corrected chi connectivity index (χ4v) is 2.82. The molecular weight excluding hydrogens is 300 g/mol. The first-order valence-electron chi connectivity index (χ1n) is 7.74. The minimum atomic E-state index is 0. The van der Waals surface area contributed by atoms with E-state index in [4.69, 9.17) is 0 Å². The summed E-state index contributed by atoms with van der Waals surface area (Å²) in [4.78, 5) is 20.0. The molecule has 1 aliphatic heterocycles. The number of amides is 1. The molecule has 1 saturated heterocycles. The monoisotopic (exact) mass is 326 g/mol. The highest BCUT2D eigenvalue weighted by atomic mass is 35.5. The van der Waals surface area contributed by atoms with Gasteiger partial charge in [-0.05, 0) is 44.4 Å². The van der Waals surface area contributed by atoms with Crippen LogP contribution in [0.15, 0.2) is 24.5 Å². The van der Waals surface area contributed by atoms with E-state index in [-0.39, 0.29) is 18.3 Å². The Kier molecular flexibility index (Phi) is 8.20. The van der Waals surface area contributed by atoms with Crippen molar-refractivity contribution in [3.8, 4) is 0 Å². The molecule has 0 bridgehead atoms. The number of likely N-dealkylation sites (N-methyl/N-ethyl adjacent to an activating group) is 2. The van der Waals surface area contributed by atoms with Gasteiger partial charge < -0.3 is 15.1 Å². The number of rotatable bonds is 6. The molecule has 5 nitrogen and oxygen atoms in total. The molecule has 1 aliphatic rings. The number of anilines is 1. The molecule has 2 heterocycles. The summed E-state index contributed by atoms with van der Waals surface area (Å²) in [6, 6.07) is 4.15. The molecule has 1 fully saturated rings. The lowest BCUT2D eigenvalue weighted by molar-refractivity contribution is -0.129. The normalized spacial score (nSPS) is 15.3. The van der Waals surface area contributed by atoms with Crippen molar-refractivity contribution in [1.82, 2.24) is 15.2 Å². The average Bonchev–Trinajstić information content (AvgIpc) is 2.54. The number of carbonyl (C=O) groups excluding carboxylic acids is 1. The molecule has 0 radical (unpaired) electrons. The summed E-state index contributed by atoms with van der Waals surface area (Å²) in [5.74, 6) is 0.902. The van der Waals surface area contributed by atoms with Gasteiger partial charge in [0.1, 0.15) is 0 Å². The molecule has 0 aliphatic carbocycles. The summed E-state index contributed by atoms with van der Waals surface area (Å²) in [6.07, 6.45) is 7.22. The molecule has 1 N–H and O–H groups in total. The molecule has 0 aromatic carbocycles. The maximum absolute atomic E-state index is 11.7. The molecule has 1 amide bonds. The fraction of sp³-hybridized carbons (Fsp3) is 0.625. The van der Waals surface area contributed by atoms with Crippen molar-refractivity contribution >= 4 is 24.0 Å². The van der Waals surface area contributed by atoms with Gasteiger partial charge in [0.25, 0.3) is 0 Å². The minimum absolute atomic E-state index is 0. The van der Waals surface area contributed by atoms with Gasteiger partial charge in [-0.25, -0.2) is 0 Å². The lowest BCUT2D eigenvalue weighted by Crippen LogP contribution is -2.37. The number of pyridine rings is 1. The SMILES string of the molecule is CNCC(=O)N(C)CCC1CCN(c2ccncc2)CC1.Cl. The minimum Gasteiger partial charge on any atom is -0.371 e. The standard InChI is InChI=1S/C16H26N4O.ClH/c1-17-13-16(21)19(2)10-5-14-6-11-20(12-7-14)15-3-8-18-9-4-15;/h3-4,8-9,14,17H,5-7,10-13H2,1-2H3;1H. The third kappa shape index (κ3) is 5.46. The zero-order valence-corrected chi connectivity index (χ0v) is 14.3. The van der Waals surface area contributed by atoms with E-state index in [2.05, 4.69) is 27.3 Å². The van der Waals surface area contributed by atoms with Crippen LogP contribution >= 0.6 is 12.4 Å². The first kappa shape index (κ1) is 18.7. The third-order valence-corrected chi connectivity index (χ3v) is 4.27. The van der Waals surface area contributed by atoms with Gasteiger partial charge >= 0.3 is 0 Å². The Morgan fingerprint density at radius 3 is 2.59 bits per heavy atom. The van der Waals surface area contributed by atoms with Crippen molar-refractivity contribution < 1.29 is 4.79 Å². The van der Waals surface area contributed by atoms with E-state index in [9.17, 15) is 4.79 Å². The molecule has 1 aromatic rings. The number of nitrogens with one attached hydrogen (secondary N) is 1. The van der Waals surface area contributed by atoms with Crippen LogP contribution in [0.4, 0.5) is 5.69 Å². The topological polar surface area (TPSA) is 48.5 Å². The highest BCUT2D eigenvalue weighted by Crippen LogP contribution is 2.24. The number of piperidine rings is 1. The summed E-state index contributed by atoms with van der Waals surface area (Å²) in [7, 11) is 3.70. The van der Waals surface area contributed by atoms with Crippen LogP contribution in [0.5, 0.6) is 0 Å². The first-order chi connectivity index (χ1) is 10.2. The lowest BCUT2D eigenvalue weighted by Gasteiger charge is -2.34. The van der Waals surface area contributed by atoms with Gasteiger partial charge in [0.15, 0.2) is 0 Å². The van der Waals surface area contributed by atoms with Gasteiger partial charge in [0.2, 0.25) is 5.91 Å². The molecule has 22 heavy (non-hydrogen) atoms. The van der Waals surface area contributed by atoms with Crippen molar-refractivity contribution in [1.29, 1.82) is 0 Å². The van der Waals surface area contributed by atoms with Crippen LogP contribution in [-0.4, -0.2) is 56.1 Å². The molecule has 2 rings (SSSR count). The van der Waals surface area contributed by atoms with E-state index in [0.29, 0.717) is 6.54 Å². The molecule has 6 heteroatoms. The number of nitrogens with zero attached hydrogens (tertiary/aromatic N) is 3. The number of hydrogen-bond acceptors (Lipinski definition) is 4. The molecule has 0 atom stereocenters. The predicted octanol–water partition coefficient (Wildman–Crippen LogP) is 1.79. The second kappa shape index (κ2) is 9.64. The van der Waals surface area contributed by atoms with Crippen LogP contribution in [-0.2, 0) is 4.79 Å². The van der Waals surface area contributed by atoms with Crippen molar-refractivity contribution in [2.45, 2.75) is 19.3 Å². The van der Waals surface area contributed by atoms with Crippen LogP contribution in [0.3, 0.4) is 0 Å². The average molecular weight is 327 g/mol. The van der Waals surface area contributed by atoms with Crippen LogP contribution in [0, 0.1) is 5.92 Å². The third-order valence-electron chi connectivity index (χ3n) is 4.27.